The summed E-state index contributed by atoms with van der Waals surface area (Å²) in [4.78, 5) is 12.4. The van der Waals surface area contributed by atoms with Gasteiger partial charge in [-0.15, -0.1) is 0 Å². The lowest BCUT2D eigenvalue weighted by molar-refractivity contribution is 0.0982. The molecule has 0 aliphatic rings. The van der Waals surface area contributed by atoms with E-state index in [-0.39, 0.29) is 11.6 Å². The quantitative estimate of drug-likeness (QED) is 0.566. The topological polar surface area (TPSA) is 17.1 Å². The van der Waals surface area contributed by atoms with Crippen molar-refractivity contribution in [2.75, 3.05) is 0 Å². The molecular weight excluding hydrogens is 363 g/mol. The zero-order valence-corrected chi connectivity index (χ0v) is 12.4. The second kappa shape index (κ2) is 5.33. The van der Waals surface area contributed by atoms with Crippen LogP contribution in [0.2, 0.25) is 0 Å². The molecule has 0 aliphatic carbocycles. The summed E-state index contributed by atoms with van der Waals surface area (Å²) >= 11 is 6.77. The van der Waals surface area contributed by atoms with Gasteiger partial charge in [-0.1, -0.05) is 62.2 Å². The van der Waals surface area contributed by atoms with E-state index in [1.165, 1.54) is 24.3 Å². The van der Waals surface area contributed by atoms with Crippen molar-refractivity contribution in [1.29, 1.82) is 0 Å². The molecule has 18 heavy (non-hydrogen) atoms. The largest absolute Gasteiger partial charge is 0.291 e. The summed E-state index contributed by atoms with van der Waals surface area (Å²) in [5.74, 6) is -0.533. The number of halogens is 3. The highest BCUT2D eigenvalue weighted by Crippen LogP contribution is 2.41. The van der Waals surface area contributed by atoms with Crippen LogP contribution in [0.1, 0.15) is 15.9 Å². The Bertz CT molecular complexity index is 550. The summed E-state index contributed by atoms with van der Waals surface area (Å²) in [5, 5.41) is 0. The Morgan fingerprint density at radius 1 is 0.944 bits per heavy atom. The Labute approximate surface area is 121 Å². The predicted octanol–water partition coefficient (Wildman–Crippen LogP) is 4.65. The third-order valence-corrected chi connectivity index (χ3v) is 4.16. The molecule has 0 spiro atoms. The van der Waals surface area contributed by atoms with Gasteiger partial charge in [-0.05, 0) is 29.8 Å². The van der Waals surface area contributed by atoms with Crippen molar-refractivity contribution in [2.45, 2.75) is 3.23 Å². The Kier molecular flexibility index (Phi) is 3.97. The van der Waals surface area contributed by atoms with Crippen LogP contribution in [0.15, 0.2) is 54.6 Å². The smallest absolute Gasteiger partial charge is 0.194 e. The molecule has 0 unspecified atom stereocenters. The van der Waals surface area contributed by atoms with Crippen molar-refractivity contribution in [2.24, 2.45) is 0 Å². The number of carbonyl (C=O) groups is 1. The van der Waals surface area contributed by atoms with Gasteiger partial charge in [0.1, 0.15) is 5.82 Å². The molecule has 2 aromatic carbocycles. The van der Waals surface area contributed by atoms with Gasteiger partial charge in [0.25, 0.3) is 0 Å². The number of alkyl halides is 2. The van der Waals surface area contributed by atoms with E-state index in [0.717, 1.165) is 5.56 Å². The van der Waals surface area contributed by atoms with Crippen molar-refractivity contribution in [3.63, 3.8) is 0 Å². The fourth-order valence-electron chi connectivity index (χ4n) is 1.56. The minimum Gasteiger partial charge on any atom is -0.291 e. The van der Waals surface area contributed by atoms with Crippen LogP contribution >= 0.6 is 31.9 Å². The lowest BCUT2D eigenvalue weighted by atomic mass is 10.0. The van der Waals surface area contributed by atoms with Crippen LogP contribution < -0.4 is 0 Å². The molecule has 92 valence electrons. The van der Waals surface area contributed by atoms with Gasteiger partial charge >= 0.3 is 0 Å². The van der Waals surface area contributed by atoms with Crippen molar-refractivity contribution in [3.05, 3.63) is 71.5 Å². The van der Waals surface area contributed by atoms with E-state index >= 15 is 0 Å². The maximum atomic E-state index is 12.8. The highest BCUT2D eigenvalue weighted by molar-refractivity contribution is 9.25. The molecule has 0 aromatic heterocycles. The molecule has 0 atom stereocenters. The molecule has 2 aromatic rings. The molecule has 0 N–H and O–H groups in total. The minimum absolute atomic E-state index is 0.172. The SMILES string of the molecule is O=C(c1ccc(F)cc1)C(Br)(Br)c1ccccc1. The Hall–Kier alpha value is -1.00. The van der Waals surface area contributed by atoms with Crippen LogP contribution in [0.25, 0.3) is 0 Å². The first-order valence-electron chi connectivity index (χ1n) is 5.25. The van der Waals surface area contributed by atoms with Gasteiger partial charge in [0, 0.05) is 5.56 Å². The molecule has 4 heteroatoms. The van der Waals surface area contributed by atoms with Crippen LogP contribution in [-0.2, 0) is 3.23 Å². The van der Waals surface area contributed by atoms with Crippen molar-refractivity contribution < 1.29 is 9.18 Å². The van der Waals surface area contributed by atoms with Gasteiger partial charge in [0.05, 0.1) is 0 Å². The van der Waals surface area contributed by atoms with Gasteiger partial charge in [-0.3, -0.25) is 4.79 Å². The number of ketones is 1. The summed E-state index contributed by atoms with van der Waals surface area (Å²) in [5.41, 5.74) is 1.23. The Balaban J connectivity index is 2.36. The number of benzene rings is 2. The van der Waals surface area contributed by atoms with Gasteiger partial charge < -0.3 is 0 Å². The van der Waals surface area contributed by atoms with E-state index < -0.39 is 3.23 Å². The minimum atomic E-state index is -0.987. The monoisotopic (exact) mass is 370 g/mol. The van der Waals surface area contributed by atoms with Gasteiger partial charge in [-0.25, -0.2) is 4.39 Å². The first-order valence-corrected chi connectivity index (χ1v) is 6.84. The molecule has 0 aliphatic heterocycles. The molecule has 0 bridgehead atoms. The van der Waals surface area contributed by atoms with Gasteiger partial charge in [-0.2, -0.15) is 0 Å². The molecule has 0 saturated heterocycles. The van der Waals surface area contributed by atoms with Crippen LogP contribution in [0.3, 0.4) is 0 Å². The average Bonchev–Trinajstić information content (AvgIpc) is 2.40. The molecule has 0 saturated carbocycles. The van der Waals surface area contributed by atoms with E-state index in [9.17, 15) is 9.18 Å². The van der Waals surface area contributed by atoms with E-state index in [2.05, 4.69) is 31.9 Å². The maximum absolute atomic E-state index is 12.8. The van der Waals surface area contributed by atoms with Crippen molar-refractivity contribution >= 4 is 37.6 Å². The first kappa shape index (κ1) is 13.4. The average molecular weight is 372 g/mol. The van der Waals surface area contributed by atoms with E-state index in [1.807, 2.05) is 30.3 Å². The maximum Gasteiger partial charge on any atom is 0.194 e. The van der Waals surface area contributed by atoms with E-state index in [0.29, 0.717) is 5.56 Å². The van der Waals surface area contributed by atoms with Crippen LogP contribution in [0.4, 0.5) is 4.39 Å². The Morgan fingerprint density at radius 3 is 2.06 bits per heavy atom. The lowest BCUT2D eigenvalue weighted by Gasteiger charge is -2.19. The van der Waals surface area contributed by atoms with Crippen molar-refractivity contribution in [1.82, 2.24) is 0 Å². The highest BCUT2D eigenvalue weighted by Gasteiger charge is 2.34. The van der Waals surface area contributed by atoms with Crippen LogP contribution in [-0.4, -0.2) is 5.78 Å². The zero-order chi connectivity index (χ0) is 13.2. The molecule has 2 rings (SSSR count). The summed E-state index contributed by atoms with van der Waals surface area (Å²) in [6, 6.07) is 14.7. The number of rotatable bonds is 3. The highest BCUT2D eigenvalue weighted by atomic mass is 79.9. The summed E-state index contributed by atoms with van der Waals surface area (Å²) in [6.45, 7) is 0. The summed E-state index contributed by atoms with van der Waals surface area (Å²) < 4.78 is 11.8. The number of hydrogen-bond acceptors (Lipinski definition) is 1. The fourth-order valence-corrected chi connectivity index (χ4v) is 2.55. The normalized spacial score (nSPS) is 11.3. The molecule has 1 nitrogen and oxygen atoms in total. The molecule has 0 radical (unpaired) electrons. The zero-order valence-electron chi connectivity index (χ0n) is 9.24. The number of hydrogen-bond donors (Lipinski definition) is 0. The second-order valence-electron chi connectivity index (χ2n) is 3.78. The lowest BCUT2D eigenvalue weighted by Crippen LogP contribution is -2.22. The number of carbonyl (C=O) groups excluding carboxylic acids is 1. The van der Waals surface area contributed by atoms with E-state index in [4.69, 9.17) is 0 Å². The van der Waals surface area contributed by atoms with E-state index in [1.54, 1.807) is 0 Å². The molecule has 0 heterocycles. The van der Waals surface area contributed by atoms with Crippen molar-refractivity contribution in [3.8, 4) is 0 Å². The Morgan fingerprint density at radius 2 is 1.50 bits per heavy atom. The first-order chi connectivity index (χ1) is 8.51. The third kappa shape index (κ3) is 2.70. The second-order valence-corrected chi connectivity index (χ2v) is 7.22. The van der Waals surface area contributed by atoms with Gasteiger partial charge in [0.2, 0.25) is 0 Å². The third-order valence-electron chi connectivity index (χ3n) is 2.53. The predicted molar refractivity (Wildman–Crippen MR) is 76.7 cm³/mol. The standard InChI is InChI=1S/C14H9Br2FO/c15-14(16,11-4-2-1-3-5-11)13(18)10-6-8-12(17)9-7-10/h1-9H. The molecular formula is C14H9Br2FO. The number of Topliss-reactive ketones (excluding diaryl/α,β-unsaturated/α-hetero) is 1. The summed E-state index contributed by atoms with van der Waals surface area (Å²) in [7, 11) is 0. The van der Waals surface area contributed by atoms with Gasteiger partial charge in [0.15, 0.2) is 9.02 Å². The molecule has 0 amide bonds. The van der Waals surface area contributed by atoms with Crippen LogP contribution in [0, 0.1) is 5.82 Å². The fraction of sp³-hybridized carbons (Fsp3) is 0.0714. The summed E-state index contributed by atoms with van der Waals surface area (Å²) in [6.07, 6.45) is 0. The van der Waals surface area contributed by atoms with Crippen LogP contribution in [0.5, 0.6) is 0 Å². The molecule has 0 fully saturated rings.